The van der Waals surface area contributed by atoms with Gasteiger partial charge in [0.25, 0.3) is 0 Å². The molecule has 0 saturated heterocycles. The van der Waals surface area contributed by atoms with Crippen molar-refractivity contribution < 1.29 is 19.4 Å². The first-order valence-electron chi connectivity index (χ1n) is 11.5. The number of aryl methyl sites for hydroxylation is 1. The second-order valence-corrected chi connectivity index (χ2v) is 10.8. The van der Waals surface area contributed by atoms with Crippen LogP contribution in [-0.2, 0) is 9.53 Å². The van der Waals surface area contributed by atoms with Gasteiger partial charge in [-0.15, -0.1) is 0 Å². The topological polar surface area (TPSA) is 55.8 Å². The zero-order chi connectivity index (χ0) is 22.4. The van der Waals surface area contributed by atoms with Gasteiger partial charge in [0.2, 0.25) is 0 Å². The maximum atomic E-state index is 12.3. The third-order valence-electron chi connectivity index (χ3n) is 7.51. The lowest BCUT2D eigenvalue weighted by molar-refractivity contribution is -0.119. The lowest BCUT2D eigenvalue weighted by Crippen LogP contribution is -2.36. The smallest absolute Gasteiger partial charge is 0.133 e. The molecule has 1 aromatic rings. The molecule has 5 atom stereocenters. The Bertz CT molecular complexity index is 794. The number of carbonyl (C=O) groups is 1. The van der Waals surface area contributed by atoms with Crippen LogP contribution in [0, 0.1) is 24.2 Å². The molecule has 1 fully saturated rings. The third-order valence-corrected chi connectivity index (χ3v) is 7.51. The van der Waals surface area contributed by atoms with Crippen LogP contribution in [0.3, 0.4) is 0 Å². The van der Waals surface area contributed by atoms with Crippen LogP contribution in [0.4, 0.5) is 0 Å². The average molecular weight is 417 g/mol. The number of Topliss-reactive ketones (excluding diaryl/α,β-unsaturated/α-hetero) is 1. The Hall–Kier alpha value is -1.39. The van der Waals surface area contributed by atoms with E-state index in [-0.39, 0.29) is 40.7 Å². The van der Waals surface area contributed by atoms with Crippen molar-refractivity contribution in [3.63, 3.8) is 0 Å². The van der Waals surface area contributed by atoms with Crippen LogP contribution in [0.25, 0.3) is 0 Å². The number of ketones is 1. The summed E-state index contributed by atoms with van der Waals surface area (Å²) in [5, 5.41) is 10.4. The SMILES string of the molecule is CCC(C)(C)CC[C@@H](O)COC(C)c1ccc(C)c2c1C1C(C(C)=O)C1C(C)(C)O2. The highest BCUT2D eigenvalue weighted by molar-refractivity contribution is 5.84. The lowest BCUT2D eigenvalue weighted by Gasteiger charge is -2.35. The van der Waals surface area contributed by atoms with Crippen molar-refractivity contribution in [2.24, 2.45) is 17.3 Å². The van der Waals surface area contributed by atoms with Crippen molar-refractivity contribution in [1.29, 1.82) is 0 Å². The van der Waals surface area contributed by atoms with Crippen molar-refractivity contribution >= 4 is 5.78 Å². The van der Waals surface area contributed by atoms with Gasteiger partial charge in [-0.05, 0) is 64.0 Å². The zero-order valence-corrected chi connectivity index (χ0v) is 20.0. The predicted molar refractivity (Wildman–Crippen MR) is 120 cm³/mol. The van der Waals surface area contributed by atoms with Gasteiger partial charge in [-0.3, -0.25) is 4.79 Å². The van der Waals surface area contributed by atoms with Gasteiger partial charge in [-0.1, -0.05) is 39.3 Å². The summed E-state index contributed by atoms with van der Waals surface area (Å²) in [7, 11) is 0. The molecule has 1 N–H and O–H groups in total. The Balaban J connectivity index is 1.76. The molecule has 3 rings (SSSR count). The molecular formula is C26H40O4. The second kappa shape index (κ2) is 8.27. The van der Waals surface area contributed by atoms with Crippen molar-refractivity contribution in [1.82, 2.24) is 0 Å². The summed E-state index contributed by atoms with van der Waals surface area (Å²) in [6, 6.07) is 4.19. The number of fused-ring (bicyclic) bond motifs is 3. The van der Waals surface area contributed by atoms with E-state index in [2.05, 4.69) is 53.7 Å². The van der Waals surface area contributed by atoms with Crippen molar-refractivity contribution in [3.05, 3.63) is 28.8 Å². The van der Waals surface area contributed by atoms with E-state index in [1.807, 2.05) is 6.92 Å². The second-order valence-electron chi connectivity index (χ2n) is 10.8. The highest BCUT2D eigenvalue weighted by atomic mass is 16.5. The molecule has 0 bridgehead atoms. The number of ether oxygens (including phenoxy) is 2. The molecule has 0 amide bonds. The molecule has 1 saturated carbocycles. The molecule has 1 aromatic carbocycles. The molecule has 0 aromatic heterocycles. The molecule has 4 heteroatoms. The monoisotopic (exact) mass is 416 g/mol. The molecule has 2 aliphatic rings. The predicted octanol–water partition coefficient (Wildman–Crippen LogP) is 5.74. The van der Waals surface area contributed by atoms with E-state index < -0.39 is 6.10 Å². The fourth-order valence-corrected chi connectivity index (χ4v) is 5.09. The number of carbonyl (C=O) groups excluding carboxylic acids is 1. The lowest BCUT2D eigenvalue weighted by atomic mass is 9.84. The van der Waals surface area contributed by atoms with Gasteiger partial charge in [-0.25, -0.2) is 0 Å². The first-order chi connectivity index (χ1) is 13.9. The number of aliphatic hydroxyl groups is 1. The highest BCUT2D eigenvalue weighted by Gasteiger charge is 2.65. The molecule has 0 spiro atoms. The highest BCUT2D eigenvalue weighted by Crippen LogP contribution is 2.66. The largest absolute Gasteiger partial charge is 0.487 e. The molecule has 1 aliphatic heterocycles. The van der Waals surface area contributed by atoms with Crippen molar-refractivity contribution in [3.8, 4) is 5.75 Å². The Morgan fingerprint density at radius 3 is 2.60 bits per heavy atom. The third kappa shape index (κ3) is 4.45. The Morgan fingerprint density at radius 1 is 1.33 bits per heavy atom. The summed E-state index contributed by atoms with van der Waals surface area (Å²) in [6.07, 6.45) is 2.20. The summed E-state index contributed by atoms with van der Waals surface area (Å²) in [4.78, 5) is 12.3. The molecule has 1 aliphatic carbocycles. The van der Waals surface area contributed by atoms with Gasteiger partial charge < -0.3 is 14.6 Å². The molecule has 0 radical (unpaired) electrons. The van der Waals surface area contributed by atoms with E-state index in [0.29, 0.717) is 6.61 Å². The number of benzene rings is 1. The Kier molecular flexibility index (Phi) is 6.42. The van der Waals surface area contributed by atoms with Crippen molar-refractivity contribution in [2.75, 3.05) is 6.61 Å². The maximum absolute atomic E-state index is 12.3. The first-order valence-corrected chi connectivity index (χ1v) is 11.5. The number of rotatable bonds is 9. The van der Waals surface area contributed by atoms with E-state index in [0.717, 1.165) is 41.7 Å². The molecular weight excluding hydrogens is 376 g/mol. The number of aliphatic hydroxyl groups excluding tert-OH is 1. The molecule has 4 unspecified atom stereocenters. The fourth-order valence-electron chi connectivity index (χ4n) is 5.09. The van der Waals surface area contributed by atoms with Crippen LogP contribution in [0.1, 0.15) is 96.4 Å². The first kappa shape index (κ1) is 23.3. The van der Waals surface area contributed by atoms with Crippen LogP contribution >= 0.6 is 0 Å². The standard InChI is InChI=1S/C26H40O4/c1-9-25(5,6)13-12-18(28)14-29-17(4)19-11-10-15(2)24-21(19)22-20(16(3)27)23(22)26(7,8)30-24/h10-11,17-18,20,22-23,28H,9,12-14H2,1-8H3/t17?,18-,20?,22?,23?/m1/s1. The van der Waals surface area contributed by atoms with Crippen LogP contribution in [-0.4, -0.2) is 29.2 Å². The number of hydrogen-bond acceptors (Lipinski definition) is 4. The Morgan fingerprint density at radius 2 is 2.00 bits per heavy atom. The van der Waals surface area contributed by atoms with E-state index in [1.54, 1.807) is 6.92 Å². The summed E-state index contributed by atoms with van der Waals surface area (Å²) < 4.78 is 12.6. The van der Waals surface area contributed by atoms with Gasteiger partial charge in [0, 0.05) is 23.3 Å². The molecule has 168 valence electrons. The summed E-state index contributed by atoms with van der Waals surface area (Å²) in [5.74, 6) is 1.61. The van der Waals surface area contributed by atoms with Gasteiger partial charge >= 0.3 is 0 Å². The van der Waals surface area contributed by atoms with E-state index in [4.69, 9.17) is 9.47 Å². The van der Waals surface area contributed by atoms with E-state index >= 15 is 0 Å². The molecule has 1 heterocycles. The van der Waals surface area contributed by atoms with Crippen LogP contribution in [0.15, 0.2) is 12.1 Å². The minimum Gasteiger partial charge on any atom is -0.487 e. The summed E-state index contributed by atoms with van der Waals surface area (Å²) >= 11 is 0. The molecule has 4 nitrogen and oxygen atoms in total. The van der Waals surface area contributed by atoms with Crippen molar-refractivity contribution in [2.45, 2.75) is 98.4 Å². The fraction of sp³-hybridized carbons (Fsp3) is 0.731. The van der Waals surface area contributed by atoms with E-state index in [9.17, 15) is 9.90 Å². The van der Waals surface area contributed by atoms with Gasteiger partial charge in [-0.2, -0.15) is 0 Å². The number of hydrogen-bond donors (Lipinski definition) is 1. The van der Waals surface area contributed by atoms with Gasteiger partial charge in [0.15, 0.2) is 0 Å². The Labute approximate surface area is 182 Å². The van der Waals surface area contributed by atoms with Crippen LogP contribution in [0.5, 0.6) is 5.75 Å². The zero-order valence-electron chi connectivity index (χ0n) is 20.0. The van der Waals surface area contributed by atoms with Gasteiger partial charge in [0.05, 0.1) is 18.8 Å². The van der Waals surface area contributed by atoms with Crippen LogP contribution < -0.4 is 4.74 Å². The maximum Gasteiger partial charge on any atom is 0.133 e. The average Bonchev–Trinajstić information content (AvgIpc) is 3.43. The quantitative estimate of drug-likeness (QED) is 0.558. The minimum atomic E-state index is -0.464. The summed E-state index contributed by atoms with van der Waals surface area (Å²) in [6.45, 7) is 17.0. The van der Waals surface area contributed by atoms with E-state index in [1.165, 1.54) is 0 Å². The summed E-state index contributed by atoms with van der Waals surface area (Å²) in [5.41, 5.74) is 3.24. The normalized spacial score (nSPS) is 26.2. The van der Waals surface area contributed by atoms with Gasteiger partial charge in [0.1, 0.15) is 17.1 Å². The minimum absolute atomic E-state index is 0.0239. The van der Waals surface area contributed by atoms with Crippen LogP contribution in [0.2, 0.25) is 0 Å². The molecule has 30 heavy (non-hydrogen) atoms.